The molecule has 14 heteroatoms. The predicted octanol–water partition coefficient (Wildman–Crippen LogP) is 3.69. The number of hydrogen-bond acceptors (Lipinski definition) is 8. The van der Waals surface area contributed by atoms with E-state index in [0.29, 0.717) is 66.9 Å². The number of nitrogens with one attached hydrogen (secondary N) is 3. The van der Waals surface area contributed by atoms with Crippen LogP contribution in [-0.4, -0.2) is 73.2 Å². The highest BCUT2D eigenvalue weighted by molar-refractivity contribution is 7.51. The third-order valence-corrected chi connectivity index (χ3v) is 6.77. The second kappa shape index (κ2) is 13.4. The van der Waals surface area contributed by atoms with Gasteiger partial charge < -0.3 is 30.1 Å². The molecule has 0 aliphatic heterocycles. The molecule has 0 saturated heterocycles. The Bertz CT molecular complexity index is 1500. The number of H-pyrrole nitrogens is 1. The van der Waals surface area contributed by atoms with Crippen molar-refractivity contribution in [3.63, 3.8) is 0 Å². The van der Waals surface area contributed by atoms with E-state index in [9.17, 15) is 13.8 Å². The fraction of sp³-hybridized carbons (Fsp3) is 0.308. The Morgan fingerprint density at radius 1 is 1.15 bits per heavy atom. The summed E-state index contributed by atoms with van der Waals surface area (Å²) in [6, 6.07) is 12.8. The lowest BCUT2D eigenvalue weighted by molar-refractivity contribution is -0.115. The third kappa shape index (κ3) is 8.82. The van der Waals surface area contributed by atoms with Gasteiger partial charge in [0.2, 0.25) is 5.91 Å². The van der Waals surface area contributed by atoms with Gasteiger partial charge in [-0.05, 0) is 43.3 Å². The lowest BCUT2D eigenvalue weighted by atomic mass is 10.2. The summed E-state index contributed by atoms with van der Waals surface area (Å²) in [5.74, 6) is 0.889. The van der Waals surface area contributed by atoms with Gasteiger partial charge in [-0.25, -0.2) is 14.4 Å². The van der Waals surface area contributed by atoms with Crippen LogP contribution in [0.2, 0.25) is 0 Å². The Labute approximate surface area is 230 Å². The molecule has 0 aliphatic rings. The van der Waals surface area contributed by atoms with Gasteiger partial charge in [-0.2, -0.15) is 5.10 Å². The highest BCUT2D eigenvalue weighted by atomic mass is 31.2. The smallest absolute Gasteiger partial charge is 0.326 e. The first-order chi connectivity index (χ1) is 19.2. The third-order valence-electron chi connectivity index (χ3n) is 5.99. The molecule has 1 amide bonds. The van der Waals surface area contributed by atoms with Crippen LogP contribution in [0.3, 0.4) is 0 Å². The molecule has 0 atom stereocenters. The number of amides is 1. The SMILES string of the molecule is CCN(CCCOc1ccc2c(Nc3cc(CC(=O)Nc4cccc(F)c4)[nH]n3)ncnc2c1)CCP(=O)(O)O. The summed E-state index contributed by atoms with van der Waals surface area (Å²) in [7, 11) is -4.01. The minimum atomic E-state index is -4.01. The van der Waals surface area contributed by atoms with Crippen molar-refractivity contribution >= 4 is 41.7 Å². The molecule has 0 radical (unpaired) electrons. The first-order valence-electron chi connectivity index (χ1n) is 12.7. The first-order valence-corrected chi connectivity index (χ1v) is 14.5. The van der Waals surface area contributed by atoms with Crippen LogP contribution in [0.4, 0.5) is 21.7 Å². The van der Waals surface area contributed by atoms with E-state index >= 15 is 0 Å². The summed E-state index contributed by atoms with van der Waals surface area (Å²) < 4.78 is 30.3. The van der Waals surface area contributed by atoms with E-state index in [-0.39, 0.29) is 18.5 Å². The van der Waals surface area contributed by atoms with E-state index in [1.54, 1.807) is 18.2 Å². The number of fused-ring (bicyclic) bond motifs is 1. The van der Waals surface area contributed by atoms with Crippen LogP contribution in [0.5, 0.6) is 5.75 Å². The Morgan fingerprint density at radius 2 is 2.00 bits per heavy atom. The zero-order chi connectivity index (χ0) is 28.5. The minimum Gasteiger partial charge on any atom is -0.493 e. The van der Waals surface area contributed by atoms with Gasteiger partial charge in [0.1, 0.15) is 23.7 Å². The molecule has 5 N–H and O–H groups in total. The van der Waals surface area contributed by atoms with Crippen LogP contribution in [-0.2, 0) is 15.8 Å². The number of rotatable bonds is 14. The minimum absolute atomic E-state index is 0.0239. The number of aromatic nitrogens is 4. The molecule has 0 aliphatic carbocycles. The van der Waals surface area contributed by atoms with Crippen molar-refractivity contribution < 1.29 is 28.3 Å². The molecule has 0 spiro atoms. The number of benzene rings is 2. The van der Waals surface area contributed by atoms with E-state index in [1.807, 2.05) is 24.0 Å². The van der Waals surface area contributed by atoms with Crippen molar-refractivity contribution in [2.24, 2.45) is 0 Å². The number of hydrogen-bond donors (Lipinski definition) is 5. The second-order valence-corrected chi connectivity index (χ2v) is 10.8. The fourth-order valence-electron chi connectivity index (χ4n) is 3.99. The number of anilines is 3. The van der Waals surface area contributed by atoms with Crippen molar-refractivity contribution in [1.29, 1.82) is 0 Å². The molecule has 12 nitrogen and oxygen atoms in total. The lowest BCUT2D eigenvalue weighted by Crippen LogP contribution is -2.28. The van der Waals surface area contributed by atoms with Crippen LogP contribution < -0.4 is 15.4 Å². The number of ether oxygens (including phenoxy) is 1. The summed E-state index contributed by atoms with van der Waals surface area (Å²) in [6.45, 7) is 4.09. The summed E-state index contributed by atoms with van der Waals surface area (Å²) in [5, 5.41) is 13.5. The Hall–Kier alpha value is -3.90. The van der Waals surface area contributed by atoms with Crippen LogP contribution in [0.25, 0.3) is 10.9 Å². The molecule has 212 valence electrons. The van der Waals surface area contributed by atoms with Crippen LogP contribution in [0, 0.1) is 5.82 Å². The van der Waals surface area contributed by atoms with Gasteiger partial charge in [-0.15, -0.1) is 0 Å². The number of carbonyl (C=O) groups is 1. The van der Waals surface area contributed by atoms with Crippen molar-refractivity contribution in [2.45, 2.75) is 19.8 Å². The summed E-state index contributed by atoms with van der Waals surface area (Å²) >= 11 is 0. The maximum atomic E-state index is 13.3. The Morgan fingerprint density at radius 3 is 2.77 bits per heavy atom. The van der Waals surface area contributed by atoms with Gasteiger partial charge in [-0.3, -0.25) is 14.5 Å². The van der Waals surface area contributed by atoms with E-state index < -0.39 is 13.4 Å². The number of halogens is 1. The lowest BCUT2D eigenvalue weighted by Gasteiger charge is -2.20. The molecular weight excluding hydrogens is 540 g/mol. The van der Waals surface area contributed by atoms with Gasteiger partial charge in [0.25, 0.3) is 0 Å². The fourth-order valence-corrected chi connectivity index (χ4v) is 4.53. The van der Waals surface area contributed by atoms with E-state index in [4.69, 9.17) is 14.5 Å². The monoisotopic (exact) mass is 571 g/mol. The maximum absolute atomic E-state index is 13.3. The standard InChI is InChI=1S/C26H31FN7O5P/c1-2-34(10-12-40(36,37)38)9-4-11-39-21-7-8-22-23(16-21)28-17-29-26(22)31-24-14-20(32-33-24)15-25(35)30-19-6-3-5-18(27)13-19/h3,5-8,13-14,16-17H,2,4,9-12,15H2,1H3,(H,30,35)(H2,36,37,38)(H2,28,29,31,32,33). The van der Waals surface area contributed by atoms with Crippen LogP contribution >= 0.6 is 7.60 Å². The van der Waals surface area contributed by atoms with E-state index in [1.165, 1.54) is 24.5 Å². The van der Waals surface area contributed by atoms with Crippen molar-refractivity contribution in [1.82, 2.24) is 25.1 Å². The number of nitrogens with zero attached hydrogens (tertiary/aromatic N) is 4. The zero-order valence-electron chi connectivity index (χ0n) is 21.9. The summed E-state index contributed by atoms with van der Waals surface area (Å²) in [6.07, 6.45) is 1.99. The maximum Gasteiger partial charge on any atom is 0.326 e. The van der Waals surface area contributed by atoms with Gasteiger partial charge in [0.05, 0.1) is 24.7 Å². The molecule has 0 saturated carbocycles. The molecule has 4 rings (SSSR count). The highest BCUT2D eigenvalue weighted by Gasteiger charge is 2.15. The van der Waals surface area contributed by atoms with Crippen molar-refractivity contribution in [3.05, 3.63) is 66.4 Å². The van der Waals surface area contributed by atoms with Gasteiger partial charge in [0, 0.05) is 42.0 Å². The largest absolute Gasteiger partial charge is 0.493 e. The van der Waals surface area contributed by atoms with E-state index in [2.05, 4.69) is 30.8 Å². The molecule has 2 aromatic carbocycles. The Balaban J connectivity index is 1.30. The molecule has 40 heavy (non-hydrogen) atoms. The normalized spacial score (nSPS) is 11.6. The molecule has 2 aromatic heterocycles. The zero-order valence-corrected chi connectivity index (χ0v) is 22.8. The van der Waals surface area contributed by atoms with Gasteiger partial charge in [0.15, 0.2) is 5.82 Å². The molecule has 0 unspecified atom stereocenters. The van der Waals surface area contributed by atoms with Gasteiger partial charge in [-0.1, -0.05) is 13.0 Å². The number of carbonyl (C=O) groups excluding carboxylic acids is 1. The average Bonchev–Trinajstić information content (AvgIpc) is 3.34. The van der Waals surface area contributed by atoms with Crippen molar-refractivity contribution in [3.8, 4) is 5.75 Å². The number of aromatic amines is 1. The molecule has 4 aromatic rings. The van der Waals surface area contributed by atoms with Crippen LogP contribution in [0.1, 0.15) is 19.0 Å². The topological polar surface area (TPSA) is 166 Å². The second-order valence-electron chi connectivity index (χ2n) is 9.06. The molecule has 0 bridgehead atoms. The quantitative estimate of drug-likeness (QED) is 0.111. The predicted molar refractivity (Wildman–Crippen MR) is 149 cm³/mol. The molecular formula is C26H31FN7O5P. The van der Waals surface area contributed by atoms with Gasteiger partial charge >= 0.3 is 7.60 Å². The first kappa shape index (κ1) is 29.1. The summed E-state index contributed by atoms with van der Waals surface area (Å²) in [5.41, 5.74) is 1.60. The highest BCUT2D eigenvalue weighted by Crippen LogP contribution is 2.33. The Kier molecular flexibility index (Phi) is 9.78. The summed E-state index contributed by atoms with van der Waals surface area (Å²) in [4.78, 5) is 41.1. The average molecular weight is 572 g/mol. The molecule has 2 heterocycles. The van der Waals surface area contributed by atoms with Crippen molar-refractivity contribution in [2.75, 3.05) is 43.0 Å². The van der Waals surface area contributed by atoms with Crippen LogP contribution in [0.15, 0.2) is 54.9 Å². The van der Waals surface area contributed by atoms with E-state index in [0.717, 1.165) is 5.39 Å². The molecule has 0 fully saturated rings.